The molecule has 0 radical (unpaired) electrons. The number of H-pyrrole nitrogens is 2. The fraction of sp³-hybridized carbons (Fsp3) is 0.261. The van der Waals surface area contributed by atoms with Gasteiger partial charge in [0.15, 0.2) is 23.9 Å². The second kappa shape index (κ2) is 15.0. The Labute approximate surface area is 371 Å². The molecule has 2 fully saturated rings. The average Bonchev–Trinajstić information content (AvgIpc) is 4.19. The minimum absolute atomic E-state index is 0.130. The Bertz CT molecular complexity index is 3080. The topological polar surface area (TPSA) is 134 Å². The zero-order chi connectivity index (χ0) is 42.2. The van der Waals surface area contributed by atoms with Gasteiger partial charge in [0.05, 0.1) is 57.2 Å². The quantitative estimate of drug-likeness (QED) is 0.150. The van der Waals surface area contributed by atoms with E-state index < -0.39 is 0 Å². The summed E-state index contributed by atoms with van der Waals surface area (Å²) < 4.78 is 2.68. The third-order valence-corrected chi connectivity index (χ3v) is 14.9. The molecule has 17 heteroatoms. The van der Waals surface area contributed by atoms with Crippen molar-refractivity contribution in [3.05, 3.63) is 114 Å². The Morgan fingerprint density at radius 1 is 0.667 bits per heavy atom. The van der Waals surface area contributed by atoms with Crippen molar-refractivity contribution in [2.75, 3.05) is 80.7 Å². The smallest absolute Gasteiger partial charge is 0.280 e. The van der Waals surface area contributed by atoms with Gasteiger partial charge in [-0.2, -0.15) is 4.59 Å². The van der Waals surface area contributed by atoms with Crippen molar-refractivity contribution in [2.45, 2.75) is 13.2 Å². The number of amides is 1. The average molecular weight is 874 g/mol. The first-order chi connectivity index (χ1) is 30.9. The first-order valence-corrected chi connectivity index (χ1v) is 23.1. The fourth-order valence-corrected chi connectivity index (χ4v) is 11.8. The van der Waals surface area contributed by atoms with Crippen LogP contribution in [0.3, 0.4) is 0 Å². The molecular weight excluding hydrogens is 829 g/mol. The van der Waals surface area contributed by atoms with Crippen molar-refractivity contribution >= 4 is 83.1 Å². The zero-order valence-corrected chi connectivity index (χ0v) is 36.6. The Morgan fingerprint density at radius 3 is 1.83 bits per heavy atom. The second-order valence-electron chi connectivity index (χ2n) is 16.5. The fourth-order valence-electron chi connectivity index (χ4n) is 10.1. The number of benzene rings is 4. The van der Waals surface area contributed by atoms with Crippen LogP contribution in [0.15, 0.2) is 108 Å². The number of hydrogen-bond acceptors (Lipinski definition) is 12. The molecule has 2 saturated heterocycles. The molecule has 63 heavy (non-hydrogen) atoms. The summed E-state index contributed by atoms with van der Waals surface area (Å²) >= 11 is 3.27. The van der Waals surface area contributed by atoms with Gasteiger partial charge in [-0.3, -0.25) is 14.3 Å². The van der Waals surface area contributed by atoms with Gasteiger partial charge in [0.25, 0.3) is 12.2 Å². The number of carbonyl (C=O) groups excluding carboxylic acids is 1. The molecule has 4 aromatic carbocycles. The maximum atomic E-state index is 15.3. The van der Waals surface area contributed by atoms with E-state index in [-0.39, 0.29) is 18.7 Å². The van der Waals surface area contributed by atoms with Gasteiger partial charge in [0.2, 0.25) is 0 Å². The zero-order valence-electron chi connectivity index (χ0n) is 34.9. The lowest BCUT2D eigenvalue weighted by Crippen LogP contribution is -2.71. The number of fused-ring (bicyclic) bond motifs is 4. The standard InChI is InChI=1S/C46H45N14OS2/c1-30-49-35-15-7-8-16-36(35)59(30)46-54(2)37-17-9-10-18-38(37)60(46,58-25-23-57(24-26-58)45-41(48-29-63-45)43-52-33-13-5-6-14-34(33)53-43)27-39(61)55-19-21-56(22-20-55)44-40(47-28-62-44)42-50-31-11-3-4-12-32(31)51-42/h3-18,28-29,46H,19-27H2,1-2H3,(H,50,51)(H,52,53)/q+1. The molecule has 0 bridgehead atoms. The number of carbonyl (C=O) groups is 1. The summed E-state index contributed by atoms with van der Waals surface area (Å²) in [6, 6.07) is 33.2. The van der Waals surface area contributed by atoms with Crippen LogP contribution in [0.5, 0.6) is 0 Å². The molecule has 8 heterocycles. The van der Waals surface area contributed by atoms with Gasteiger partial charge < -0.3 is 24.7 Å². The van der Waals surface area contributed by atoms with Gasteiger partial charge in [-0.1, -0.05) is 48.5 Å². The van der Waals surface area contributed by atoms with Crippen LogP contribution >= 0.6 is 22.7 Å². The highest BCUT2D eigenvalue weighted by Crippen LogP contribution is 2.52. The molecular formula is C46H45N14OS2+. The van der Waals surface area contributed by atoms with Crippen LogP contribution in [0.4, 0.5) is 21.4 Å². The number of imidazole rings is 3. The number of nitrogens with one attached hydrogen (secondary N) is 2. The Balaban J connectivity index is 0.873. The van der Waals surface area contributed by atoms with Gasteiger partial charge in [0.1, 0.15) is 32.9 Å². The highest BCUT2D eigenvalue weighted by molar-refractivity contribution is 7.14. The summed E-state index contributed by atoms with van der Waals surface area (Å²) in [5, 5.41) is 4.72. The second-order valence-corrected chi connectivity index (χ2v) is 18.1. The first kappa shape index (κ1) is 38.0. The molecule has 2 unspecified atom stereocenters. The lowest BCUT2D eigenvalue weighted by molar-refractivity contribution is -0.142. The maximum absolute atomic E-state index is 15.3. The van der Waals surface area contributed by atoms with Crippen LogP contribution in [0.1, 0.15) is 12.1 Å². The summed E-state index contributed by atoms with van der Waals surface area (Å²) in [4.78, 5) is 55.9. The van der Waals surface area contributed by atoms with Crippen molar-refractivity contribution in [3.63, 3.8) is 0 Å². The number of quaternary nitrogens is 1. The van der Waals surface area contributed by atoms with Gasteiger partial charge in [-0.05, 0) is 49.4 Å². The number of anilines is 3. The number of hydrogen-bond donors (Lipinski definition) is 2. The summed E-state index contributed by atoms with van der Waals surface area (Å²) in [7, 11) is 2.17. The van der Waals surface area contributed by atoms with Crippen LogP contribution in [-0.4, -0.2) is 121 Å². The first-order valence-electron chi connectivity index (χ1n) is 21.4. The van der Waals surface area contributed by atoms with Gasteiger partial charge in [0, 0.05) is 52.4 Å². The molecule has 15 nitrogen and oxygen atoms in total. The molecule has 5 aromatic heterocycles. The largest absolute Gasteiger partial charge is 0.359 e. The molecule has 9 aromatic rings. The molecule has 0 saturated carbocycles. The number of thiazole rings is 2. The lowest BCUT2D eigenvalue weighted by Gasteiger charge is -2.50. The molecule has 1 amide bonds. The molecule has 0 aliphatic carbocycles. The lowest BCUT2D eigenvalue weighted by atomic mass is 10.2. The highest BCUT2D eigenvalue weighted by Gasteiger charge is 2.58. The normalized spacial score (nSPS) is 19.6. The number of rotatable bonds is 8. The van der Waals surface area contributed by atoms with E-state index in [1.165, 1.54) is 0 Å². The van der Waals surface area contributed by atoms with Crippen LogP contribution in [-0.2, 0) is 4.79 Å². The van der Waals surface area contributed by atoms with E-state index in [1.807, 2.05) is 65.6 Å². The van der Waals surface area contributed by atoms with Crippen LogP contribution in [0.25, 0.3) is 56.1 Å². The van der Waals surface area contributed by atoms with E-state index in [9.17, 15) is 0 Å². The van der Waals surface area contributed by atoms with Crippen LogP contribution < -0.4 is 19.3 Å². The number of para-hydroxylation sites is 8. The minimum atomic E-state index is -0.301. The summed E-state index contributed by atoms with van der Waals surface area (Å²) in [6.07, 6.45) is -0.301. The Kier molecular flexibility index (Phi) is 9.07. The summed E-state index contributed by atoms with van der Waals surface area (Å²) in [5.41, 5.74) is 13.6. The Morgan fingerprint density at radius 2 is 1.21 bits per heavy atom. The van der Waals surface area contributed by atoms with Crippen molar-refractivity contribution in [1.82, 2.24) is 54.0 Å². The molecule has 12 rings (SSSR count). The molecule has 2 atom stereocenters. The summed E-state index contributed by atoms with van der Waals surface area (Å²) in [5.74, 6) is 2.59. The molecule has 316 valence electrons. The third kappa shape index (κ3) is 6.12. The number of aromatic amines is 2. The van der Waals surface area contributed by atoms with Gasteiger partial charge in [-0.25, -0.2) is 24.9 Å². The highest BCUT2D eigenvalue weighted by atomic mass is 32.1. The van der Waals surface area contributed by atoms with E-state index >= 15 is 4.79 Å². The van der Waals surface area contributed by atoms with E-state index in [2.05, 4.69) is 95.6 Å². The van der Waals surface area contributed by atoms with Gasteiger partial charge >= 0.3 is 0 Å². The van der Waals surface area contributed by atoms with Crippen LogP contribution in [0.2, 0.25) is 0 Å². The predicted molar refractivity (Wildman–Crippen MR) is 252 cm³/mol. The third-order valence-electron chi connectivity index (χ3n) is 13.1. The van der Waals surface area contributed by atoms with Crippen molar-refractivity contribution < 1.29 is 4.79 Å². The van der Waals surface area contributed by atoms with Crippen LogP contribution in [0, 0.1) is 6.92 Å². The molecule has 3 aliphatic heterocycles. The molecule has 2 N–H and O–H groups in total. The monoisotopic (exact) mass is 873 g/mol. The maximum Gasteiger partial charge on any atom is 0.280 e. The minimum Gasteiger partial charge on any atom is -0.359 e. The number of nitrogens with zero attached hydrogens (tertiary/aromatic N) is 12. The van der Waals surface area contributed by atoms with Crippen molar-refractivity contribution in [1.29, 1.82) is 0 Å². The number of piperazine rings is 2. The van der Waals surface area contributed by atoms with E-state index in [4.69, 9.17) is 24.9 Å². The summed E-state index contributed by atoms with van der Waals surface area (Å²) in [6.45, 7) is 7.92. The number of aromatic nitrogens is 8. The SMILES string of the molecule is Cc1nc2ccccc2n1C1N(C)c2ccccc2[N+]1(CC(=O)N1CCN(c2scnc2-c2nc3ccccc3[nH]2)CC1)N1CCN(c2scnc2-c2nc3ccccc3[nH]2)CC1. The van der Waals surface area contributed by atoms with Crippen molar-refractivity contribution in [2.24, 2.45) is 0 Å². The molecule has 3 aliphatic rings. The van der Waals surface area contributed by atoms with E-state index in [0.29, 0.717) is 30.8 Å². The number of aryl methyl sites for hydroxylation is 1. The van der Waals surface area contributed by atoms with E-state index in [0.717, 1.165) is 110 Å². The molecule has 0 spiro atoms. The van der Waals surface area contributed by atoms with Gasteiger partial charge in [-0.15, -0.1) is 27.7 Å². The van der Waals surface area contributed by atoms with Crippen molar-refractivity contribution in [3.8, 4) is 23.0 Å². The Hall–Kier alpha value is -6.66. The predicted octanol–water partition coefficient (Wildman–Crippen LogP) is 7.34. The van der Waals surface area contributed by atoms with E-state index in [1.54, 1.807) is 22.7 Å².